The molecule has 1 fully saturated rings. The van der Waals surface area contributed by atoms with Crippen LogP contribution in [0, 0.1) is 5.92 Å². The molecule has 0 spiro atoms. The number of hydrogen-bond acceptors (Lipinski definition) is 3. The fourth-order valence-corrected chi connectivity index (χ4v) is 1.36. The average molecular weight is 202 g/mol. The molecule has 0 heterocycles. The van der Waals surface area contributed by atoms with Crippen LogP contribution < -0.4 is 0 Å². The maximum atomic E-state index is 10.5. The Kier molecular flexibility index (Phi) is 3.89. The Morgan fingerprint density at radius 3 is 2.64 bits per heavy atom. The summed E-state index contributed by atoms with van der Waals surface area (Å²) in [5.41, 5.74) is -1.75. The Morgan fingerprint density at radius 2 is 2.21 bits per heavy atom. The summed E-state index contributed by atoms with van der Waals surface area (Å²) in [5, 5.41) is 17.9. The smallest absolute Gasteiger partial charge is 0.337 e. The summed E-state index contributed by atoms with van der Waals surface area (Å²) in [6.07, 6.45) is 4.81. The molecular weight excluding hydrogens is 184 g/mol. The molecule has 2 N–H and O–H groups in total. The third-order valence-corrected chi connectivity index (χ3v) is 2.74. The van der Waals surface area contributed by atoms with Crippen LogP contribution in [0.25, 0.3) is 0 Å². The molecule has 1 atom stereocenters. The molecule has 4 nitrogen and oxygen atoms in total. The summed E-state index contributed by atoms with van der Waals surface area (Å²) in [5.74, 6) is -0.481. The van der Waals surface area contributed by atoms with Crippen LogP contribution >= 0.6 is 0 Å². The van der Waals surface area contributed by atoms with Crippen molar-refractivity contribution in [3.05, 3.63) is 0 Å². The summed E-state index contributed by atoms with van der Waals surface area (Å²) >= 11 is 0. The fourth-order valence-electron chi connectivity index (χ4n) is 1.36. The van der Waals surface area contributed by atoms with Crippen molar-refractivity contribution in [2.24, 2.45) is 5.92 Å². The predicted octanol–water partition coefficient (Wildman–Crippen LogP) is 1.03. The van der Waals surface area contributed by atoms with Gasteiger partial charge in [0, 0.05) is 6.61 Å². The minimum Gasteiger partial charge on any atom is -0.479 e. The second kappa shape index (κ2) is 4.75. The van der Waals surface area contributed by atoms with Crippen molar-refractivity contribution in [2.75, 3.05) is 13.2 Å². The summed E-state index contributed by atoms with van der Waals surface area (Å²) in [6.45, 7) is 1.67. The minimum absolute atomic E-state index is 0.130. The van der Waals surface area contributed by atoms with Gasteiger partial charge in [-0.25, -0.2) is 4.79 Å². The monoisotopic (exact) mass is 202 g/mol. The highest BCUT2D eigenvalue weighted by Crippen LogP contribution is 2.29. The van der Waals surface area contributed by atoms with Gasteiger partial charge in [0.2, 0.25) is 0 Å². The van der Waals surface area contributed by atoms with Crippen molar-refractivity contribution in [1.82, 2.24) is 0 Å². The van der Waals surface area contributed by atoms with Crippen LogP contribution in [0.2, 0.25) is 0 Å². The number of aliphatic hydroxyl groups is 1. The van der Waals surface area contributed by atoms with Gasteiger partial charge in [-0.05, 0) is 19.3 Å². The molecule has 0 aromatic heterocycles. The first kappa shape index (κ1) is 11.5. The summed E-state index contributed by atoms with van der Waals surface area (Å²) < 4.78 is 5.14. The largest absolute Gasteiger partial charge is 0.479 e. The highest BCUT2D eigenvalue weighted by Gasteiger charge is 2.30. The lowest BCUT2D eigenvalue weighted by molar-refractivity contribution is -0.162. The molecule has 1 rings (SSSR count). The number of hydrogen-bond donors (Lipinski definition) is 2. The number of carboxylic acid groups (broad SMARTS) is 1. The van der Waals surface area contributed by atoms with E-state index in [0.29, 0.717) is 6.61 Å². The van der Waals surface area contributed by atoms with Gasteiger partial charge in [-0.1, -0.05) is 19.3 Å². The lowest BCUT2D eigenvalue weighted by atomic mass is 9.83. The third kappa shape index (κ3) is 3.27. The van der Waals surface area contributed by atoms with E-state index < -0.39 is 11.6 Å². The average Bonchev–Trinajstić information content (AvgIpc) is 2.00. The molecule has 1 saturated carbocycles. The predicted molar refractivity (Wildman–Crippen MR) is 51.0 cm³/mol. The van der Waals surface area contributed by atoms with Crippen molar-refractivity contribution in [1.29, 1.82) is 0 Å². The molecule has 0 bridgehead atoms. The van der Waals surface area contributed by atoms with E-state index in [9.17, 15) is 9.90 Å². The number of ether oxygens (including phenoxy) is 1. The van der Waals surface area contributed by atoms with E-state index in [4.69, 9.17) is 9.84 Å². The second-order valence-electron chi connectivity index (χ2n) is 4.22. The summed E-state index contributed by atoms with van der Waals surface area (Å²) in [4.78, 5) is 10.5. The van der Waals surface area contributed by atoms with E-state index in [-0.39, 0.29) is 6.61 Å². The first-order chi connectivity index (χ1) is 6.52. The fraction of sp³-hybridized carbons (Fsp3) is 0.900. The molecule has 0 saturated heterocycles. The first-order valence-electron chi connectivity index (χ1n) is 5.06. The van der Waals surface area contributed by atoms with Gasteiger partial charge in [0.15, 0.2) is 5.60 Å². The van der Waals surface area contributed by atoms with Crippen LogP contribution in [0.15, 0.2) is 0 Å². The van der Waals surface area contributed by atoms with E-state index in [1.807, 2.05) is 0 Å². The highest BCUT2D eigenvalue weighted by atomic mass is 16.5. The summed E-state index contributed by atoms with van der Waals surface area (Å²) in [6, 6.07) is 0. The Bertz CT molecular complexity index is 196. The zero-order chi connectivity index (χ0) is 10.6. The molecule has 1 unspecified atom stereocenters. The molecular formula is C10H18O4. The number of carbonyl (C=O) groups is 1. The van der Waals surface area contributed by atoms with Crippen LogP contribution in [-0.2, 0) is 9.53 Å². The molecule has 0 amide bonds. The van der Waals surface area contributed by atoms with Crippen LogP contribution in [0.3, 0.4) is 0 Å². The van der Waals surface area contributed by atoms with Gasteiger partial charge in [0.05, 0.1) is 6.61 Å². The van der Waals surface area contributed by atoms with E-state index in [1.165, 1.54) is 26.2 Å². The molecule has 82 valence electrons. The first-order valence-corrected chi connectivity index (χ1v) is 5.06. The molecule has 0 aliphatic heterocycles. The van der Waals surface area contributed by atoms with Crippen molar-refractivity contribution < 1.29 is 19.7 Å². The number of carboxylic acids is 1. The van der Waals surface area contributed by atoms with Crippen LogP contribution in [0.5, 0.6) is 0 Å². The van der Waals surface area contributed by atoms with Gasteiger partial charge in [-0.3, -0.25) is 0 Å². The van der Waals surface area contributed by atoms with Crippen LogP contribution in [0.4, 0.5) is 0 Å². The quantitative estimate of drug-likeness (QED) is 0.631. The number of aliphatic carboxylic acids is 1. The standard InChI is InChI=1S/C10H18O4/c1-10(13,9(11)12)7-14-6-5-8-3-2-4-8/h8,13H,2-7H2,1H3,(H,11,12). The highest BCUT2D eigenvalue weighted by molar-refractivity contribution is 5.76. The van der Waals surface area contributed by atoms with Gasteiger partial charge in [-0.2, -0.15) is 0 Å². The lowest BCUT2D eigenvalue weighted by Crippen LogP contribution is -2.40. The normalized spacial score (nSPS) is 21.3. The Balaban J connectivity index is 2.04. The van der Waals surface area contributed by atoms with Crippen molar-refractivity contribution in [3.63, 3.8) is 0 Å². The van der Waals surface area contributed by atoms with Gasteiger partial charge < -0.3 is 14.9 Å². The summed E-state index contributed by atoms with van der Waals surface area (Å²) in [7, 11) is 0. The zero-order valence-electron chi connectivity index (χ0n) is 8.53. The third-order valence-electron chi connectivity index (χ3n) is 2.74. The van der Waals surface area contributed by atoms with Gasteiger partial charge in [-0.15, -0.1) is 0 Å². The second-order valence-corrected chi connectivity index (χ2v) is 4.22. The lowest BCUT2D eigenvalue weighted by Gasteiger charge is -2.25. The van der Waals surface area contributed by atoms with Gasteiger partial charge in [0.1, 0.15) is 0 Å². The number of rotatable bonds is 6. The zero-order valence-corrected chi connectivity index (χ0v) is 8.53. The van der Waals surface area contributed by atoms with Crippen LogP contribution in [0.1, 0.15) is 32.6 Å². The molecule has 0 aromatic rings. The van der Waals surface area contributed by atoms with E-state index in [1.54, 1.807) is 0 Å². The SMILES string of the molecule is CC(O)(COCCC1CCC1)C(=O)O. The van der Waals surface area contributed by atoms with Crippen molar-refractivity contribution >= 4 is 5.97 Å². The molecule has 0 aromatic carbocycles. The molecule has 1 aliphatic carbocycles. The van der Waals surface area contributed by atoms with Gasteiger partial charge in [0.25, 0.3) is 0 Å². The topological polar surface area (TPSA) is 66.8 Å². The maximum Gasteiger partial charge on any atom is 0.337 e. The molecule has 0 radical (unpaired) electrons. The Morgan fingerprint density at radius 1 is 1.57 bits per heavy atom. The molecule has 4 heteroatoms. The van der Waals surface area contributed by atoms with Gasteiger partial charge >= 0.3 is 5.97 Å². The minimum atomic E-state index is -1.75. The van der Waals surface area contributed by atoms with E-state index in [0.717, 1.165) is 12.3 Å². The molecule has 14 heavy (non-hydrogen) atoms. The van der Waals surface area contributed by atoms with Crippen molar-refractivity contribution in [3.8, 4) is 0 Å². The van der Waals surface area contributed by atoms with Crippen LogP contribution in [-0.4, -0.2) is 35.0 Å². The molecule has 1 aliphatic rings. The van der Waals surface area contributed by atoms with Crippen molar-refractivity contribution in [2.45, 2.75) is 38.2 Å². The van der Waals surface area contributed by atoms with E-state index >= 15 is 0 Å². The Hall–Kier alpha value is -0.610. The Labute approximate surface area is 83.9 Å². The maximum absolute atomic E-state index is 10.5. The van der Waals surface area contributed by atoms with E-state index in [2.05, 4.69) is 0 Å².